The predicted molar refractivity (Wildman–Crippen MR) is 114 cm³/mol. The number of hydrogen-bond acceptors (Lipinski definition) is 2. The summed E-state index contributed by atoms with van der Waals surface area (Å²) in [5.74, 6) is 0.547. The number of rotatable bonds is 2. The summed E-state index contributed by atoms with van der Waals surface area (Å²) in [5, 5.41) is 7.51. The first-order valence-corrected chi connectivity index (χ1v) is 9.86. The third-order valence-corrected chi connectivity index (χ3v) is 5.80. The van der Waals surface area contributed by atoms with E-state index in [2.05, 4.69) is 79.8 Å². The first-order valence-electron chi connectivity index (χ1n) is 9.86. The van der Waals surface area contributed by atoms with Crippen LogP contribution in [-0.4, -0.2) is 11.5 Å². The Morgan fingerprint density at radius 3 is 2.52 bits per heavy atom. The molecule has 27 heavy (non-hydrogen) atoms. The lowest BCUT2D eigenvalue weighted by molar-refractivity contribution is 0.646. The van der Waals surface area contributed by atoms with Gasteiger partial charge in [-0.3, -0.25) is 0 Å². The Kier molecular flexibility index (Phi) is 3.95. The van der Waals surface area contributed by atoms with Crippen molar-refractivity contribution >= 4 is 21.7 Å². The van der Waals surface area contributed by atoms with Crippen LogP contribution in [-0.2, 0) is 13.0 Å². The second-order valence-corrected chi connectivity index (χ2v) is 7.80. The molecule has 0 atom stereocenters. The van der Waals surface area contributed by atoms with Crippen LogP contribution in [0.4, 0.5) is 0 Å². The van der Waals surface area contributed by atoms with Crippen molar-refractivity contribution in [3.63, 3.8) is 0 Å². The maximum Gasteiger partial charge on any atom is 0.0757 e. The Morgan fingerprint density at radius 1 is 0.889 bits per heavy atom. The van der Waals surface area contributed by atoms with Gasteiger partial charge in [0.25, 0.3) is 0 Å². The van der Waals surface area contributed by atoms with Crippen molar-refractivity contribution in [3.8, 4) is 11.3 Å². The molecule has 2 heteroatoms. The maximum atomic E-state index is 5.14. The number of benzene rings is 3. The summed E-state index contributed by atoms with van der Waals surface area (Å²) in [7, 11) is 0. The Morgan fingerprint density at radius 2 is 1.70 bits per heavy atom. The normalized spacial score (nSPS) is 14.0. The molecule has 3 aromatic carbocycles. The van der Waals surface area contributed by atoms with E-state index in [0.29, 0.717) is 5.92 Å². The molecule has 4 aromatic rings. The number of fused-ring (bicyclic) bond motifs is 5. The molecule has 0 aliphatic carbocycles. The highest BCUT2D eigenvalue weighted by Gasteiger charge is 2.20. The van der Waals surface area contributed by atoms with Gasteiger partial charge in [-0.05, 0) is 52.4 Å². The van der Waals surface area contributed by atoms with Crippen molar-refractivity contribution in [2.24, 2.45) is 0 Å². The fourth-order valence-corrected chi connectivity index (χ4v) is 4.31. The minimum atomic E-state index is 0.547. The summed E-state index contributed by atoms with van der Waals surface area (Å²) in [6.07, 6.45) is 1.05. The molecule has 0 spiro atoms. The van der Waals surface area contributed by atoms with Crippen molar-refractivity contribution in [1.29, 1.82) is 0 Å². The second kappa shape index (κ2) is 6.47. The van der Waals surface area contributed by atoms with Crippen LogP contribution in [0.3, 0.4) is 0 Å². The van der Waals surface area contributed by atoms with Crippen molar-refractivity contribution in [2.75, 3.05) is 6.54 Å². The molecule has 0 unspecified atom stereocenters. The summed E-state index contributed by atoms with van der Waals surface area (Å²) in [6, 6.07) is 22.0. The van der Waals surface area contributed by atoms with E-state index >= 15 is 0 Å². The quantitative estimate of drug-likeness (QED) is 0.460. The van der Waals surface area contributed by atoms with E-state index in [4.69, 9.17) is 4.98 Å². The van der Waals surface area contributed by atoms with Gasteiger partial charge in [-0.2, -0.15) is 0 Å². The maximum absolute atomic E-state index is 5.14. The average Bonchev–Trinajstić information content (AvgIpc) is 2.73. The lowest BCUT2D eigenvalue weighted by Gasteiger charge is -2.23. The predicted octanol–water partition coefficient (Wildman–Crippen LogP) is 5.82. The van der Waals surface area contributed by atoms with Gasteiger partial charge in [-0.25, -0.2) is 4.98 Å². The molecule has 0 saturated heterocycles. The summed E-state index contributed by atoms with van der Waals surface area (Å²) in [6.45, 7) is 6.39. The van der Waals surface area contributed by atoms with E-state index in [0.717, 1.165) is 30.7 Å². The molecule has 0 bridgehead atoms. The molecule has 2 nitrogen and oxygen atoms in total. The smallest absolute Gasteiger partial charge is 0.0757 e. The van der Waals surface area contributed by atoms with E-state index < -0.39 is 0 Å². The van der Waals surface area contributed by atoms with Crippen LogP contribution in [0.15, 0.2) is 60.7 Å². The molecule has 5 rings (SSSR count). The summed E-state index contributed by atoms with van der Waals surface area (Å²) in [5.41, 5.74) is 7.67. The summed E-state index contributed by atoms with van der Waals surface area (Å²) in [4.78, 5) is 5.14. The molecule has 0 fully saturated rings. The second-order valence-electron chi connectivity index (χ2n) is 7.80. The van der Waals surface area contributed by atoms with Gasteiger partial charge in [0.15, 0.2) is 0 Å². The van der Waals surface area contributed by atoms with Crippen molar-refractivity contribution < 1.29 is 0 Å². The first kappa shape index (κ1) is 16.5. The zero-order valence-corrected chi connectivity index (χ0v) is 15.9. The Balaban J connectivity index is 1.80. The highest BCUT2D eigenvalue weighted by molar-refractivity contribution is 6.09. The van der Waals surface area contributed by atoms with Gasteiger partial charge in [0, 0.05) is 17.5 Å². The molecule has 1 N–H and O–H groups in total. The zero-order valence-electron chi connectivity index (χ0n) is 15.9. The minimum absolute atomic E-state index is 0.547. The molecule has 2 heterocycles. The molecule has 1 aliphatic rings. The number of hydrogen-bond donors (Lipinski definition) is 1. The van der Waals surface area contributed by atoms with Crippen LogP contribution in [0.5, 0.6) is 0 Å². The lowest BCUT2D eigenvalue weighted by Crippen LogP contribution is -2.25. The molecule has 0 saturated carbocycles. The summed E-state index contributed by atoms with van der Waals surface area (Å²) >= 11 is 0. The first-order chi connectivity index (χ1) is 13.2. The van der Waals surface area contributed by atoms with E-state index in [-0.39, 0.29) is 0 Å². The van der Waals surface area contributed by atoms with Gasteiger partial charge in [-0.15, -0.1) is 0 Å². The van der Waals surface area contributed by atoms with Gasteiger partial charge in [0.2, 0.25) is 0 Å². The Bertz CT molecular complexity index is 1140. The number of aromatic nitrogens is 1. The molecule has 134 valence electrons. The van der Waals surface area contributed by atoms with Crippen LogP contribution in [0, 0.1) is 0 Å². The highest BCUT2D eigenvalue weighted by atomic mass is 14.9. The van der Waals surface area contributed by atoms with Gasteiger partial charge < -0.3 is 5.32 Å². The van der Waals surface area contributed by atoms with Crippen LogP contribution in [0.1, 0.15) is 36.5 Å². The van der Waals surface area contributed by atoms with Gasteiger partial charge in [0.1, 0.15) is 0 Å². The van der Waals surface area contributed by atoms with E-state index in [9.17, 15) is 0 Å². The van der Waals surface area contributed by atoms with Crippen LogP contribution in [0.2, 0.25) is 0 Å². The molecular formula is C25H24N2. The minimum Gasteiger partial charge on any atom is -0.312 e. The van der Waals surface area contributed by atoms with Gasteiger partial charge >= 0.3 is 0 Å². The molecular weight excluding hydrogens is 328 g/mol. The lowest BCUT2D eigenvalue weighted by atomic mass is 9.90. The Labute approximate surface area is 160 Å². The van der Waals surface area contributed by atoms with Crippen LogP contribution >= 0.6 is 0 Å². The third kappa shape index (κ3) is 2.72. The molecule has 1 aromatic heterocycles. The third-order valence-electron chi connectivity index (χ3n) is 5.80. The van der Waals surface area contributed by atoms with E-state index in [1.54, 1.807) is 0 Å². The Hall–Kier alpha value is -2.71. The average molecular weight is 352 g/mol. The van der Waals surface area contributed by atoms with Crippen molar-refractivity contribution in [3.05, 3.63) is 77.4 Å². The topological polar surface area (TPSA) is 24.9 Å². The molecule has 0 radical (unpaired) electrons. The van der Waals surface area contributed by atoms with Gasteiger partial charge in [0.05, 0.1) is 11.2 Å². The SMILES string of the molecule is CC(C)c1ccc(-c2nc3ccc4ccccc4c3c3c2CNCC3)cc1. The van der Waals surface area contributed by atoms with Crippen molar-refractivity contribution in [1.82, 2.24) is 10.3 Å². The molecule has 1 aliphatic heterocycles. The van der Waals surface area contributed by atoms with Crippen LogP contribution < -0.4 is 5.32 Å². The van der Waals surface area contributed by atoms with Gasteiger partial charge in [-0.1, -0.05) is 68.4 Å². The summed E-state index contributed by atoms with van der Waals surface area (Å²) < 4.78 is 0. The monoisotopic (exact) mass is 352 g/mol. The number of nitrogens with one attached hydrogen (secondary N) is 1. The standard InChI is InChI=1S/C25H24N2/c1-16(2)17-7-9-19(10-8-17)25-22-15-26-14-13-21(22)24-20-6-4-3-5-18(20)11-12-23(24)27-25/h3-12,16,26H,13-15H2,1-2H3. The number of nitrogens with zero attached hydrogens (tertiary/aromatic N) is 1. The molecule has 0 amide bonds. The van der Waals surface area contributed by atoms with Crippen LogP contribution in [0.25, 0.3) is 32.9 Å². The highest BCUT2D eigenvalue weighted by Crippen LogP contribution is 2.36. The number of pyridine rings is 1. The van der Waals surface area contributed by atoms with Crippen molar-refractivity contribution in [2.45, 2.75) is 32.7 Å². The van der Waals surface area contributed by atoms with E-state index in [1.807, 2.05) is 0 Å². The fraction of sp³-hybridized carbons (Fsp3) is 0.240. The zero-order chi connectivity index (χ0) is 18.4. The van der Waals surface area contributed by atoms with E-state index in [1.165, 1.54) is 38.4 Å². The fourth-order valence-electron chi connectivity index (χ4n) is 4.31. The largest absolute Gasteiger partial charge is 0.312 e.